The number of carbonyl (C=O) groups is 2. The number of piperidine rings is 2. The van der Waals surface area contributed by atoms with Crippen LogP contribution >= 0.6 is 0 Å². The van der Waals surface area contributed by atoms with E-state index in [4.69, 9.17) is 0 Å². The van der Waals surface area contributed by atoms with Crippen LogP contribution in [0.1, 0.15) is 41.7 Å². The zero-order valence-electron chi connectivity index (χ0n) is 15.6. The molecule has 3 heterocycles. The van der Waals surface area contributed by atoms with E-state index in [0.717, 1.165) is 51.9 Å². The summed E-state index contributed by atoms with van der Waals surface area (Å²) in [6, 6.07) is 12.0. The molecule has 2 amide bonds. The molecule has 27 heavy (non-hydrogen) atoms. The number of likely N-dealkylation sites (tertiary alicyclic amines) is 2. The Hall–Kier alpha value is -2.63. The Morgan fingerprint density at radius 2 is 2.00 bits per heavy atom. The van der Waals surface area contributed by atoms with Gasteiger partial charge in [-0.1, -0.05) is 30.3 Å². The van der Waals surface area contributed by atoms with Crippen molar-refractivity contribution in [2.75, 3.05) is 26.2 Å². The molecule has 2 aromatic rings. The number of nitrogens with zero attached hydrogens (tertiary/aromatic N) is 3. The third kappa shape index (κ3) is 3.89. The summed E-state index contributed by atoms with van der Waals surface area (Å²) in [6.07, 6.45) is 6.01. The number of hydrogen-bond donors (Lipinski definition) is 1. The molecule has 0 unspecified atom stereocenters. The van der Waals surface area contributed by atoms with Crippen LogP contribution in [-0.4, -0.2) is 58.0 Å². The second-order valence-corrected chi connectivity index (χ2v) is 7.85. The first-order valence-corrected chi connectivity index (χ1v) is 9.76. The molecular formula is C21H26N4O2. The standard InChI is InChI=1S/C21H26N4O2/c26-19-7-11-21(15-24(19)14-9-17-5-2-1-3-6-17)10-4-13-25(16-21)20(27)18-8-12-22-23-18/h1-3,5-6,8,12H,4,7,9-11,13-16H2,(H,22,23)/t21-/m0/s1. The van der Waals surface area contributed by atoms with E-state index >= 15 is 0 Å². The molecule has 1 spiro atoms. The van der Waals surface area contributed by atoms with Gasteiger partial charge in [-0.05, 0) is 37.3 Å². The third-order valence-electron chi connectivity index (χ3n) is 5.94. The van der Waals surface area contributed by atoms with E-state index in [1.807, 2.05) is 28.0 Å². The summed E-state index contributed by atoms with van der Waals surface area (Å²) < 4.78 is 0. The number of H-pyrrole nitrogens is 1. The molecule has 0 bridgehead atoms. The maximum atomic E-state index is 12.7. The van der Waals surface area contributed by atoms with Gasteiger partial charge in [0, 0.05) is 44.2 Å². The van der Waals surface area contributed by atoms with Crippen LogP contribution in [-0.2, 0) is 11.2 Å². The first-order chi connectivity index (χ1) is 13.2. The predicted molar refractivity (Wildman–Crippen MR) is 102 cm³/mol. The summed E-state index contributed by atoms with van der Waals surface area (Å²) in [7, 11) is 0. The van der Waals surface area contributed by atoms with Gasteiger partial charge in [-0.15, -0.1) is 0 Å². The SMILES string of the molecule is O=C1CC[C@@]2(CCCN(C(=O)c3ccn[nH]3)C2)CN1CCc1ccccc1. The Bertz CT molecular complexity index is 790. The number of benzene rings is 1. The van der Waals surface area contributed by atoms with Gasteiger partial charge in [-0.25, -0.2) is 0 Å². The molecule has 1 atom stereocenters. The van der Waals surface area contributed by atoms with Gasteiger partial charge in [0.25, 0.3) is 5.91 Å². The number of nitrogens with one attached hydrogen (secondary N) is 1. The van der Waals surface area contributed by atoms with E-state index in [-0.39, 0.29) is 17.2 Å². The molecule has 0 aliphatic carbocycles. The third-order valence-corrected chi connectivity index (χ3v) is 5.94. The molecule has 6 nitrogen and oxygen atoms in total. The van der Waals surface area contributed by atoms with Crippen LogP contribution in [0.25, 0.3) is 0 Å². The molecule has 2 saturated heterocycles. The zero-order valence-corrected chi connectivity index (χ0v) is 15.6. The smallest absolute Gasteiger partial charge is 0.271 e. The van der Waals surface area contributed by atoms with Crippen LogP contribution in [0.4, 0.5) is 0 Å². The zero-order chi connectivity index (χ0) is 18.7. The summed E-state index contributed by atoms with van der Waals surface area (Å²) in [5, 5.41) is 6.67. The molecule has 2 aliphatic heterocycles. The molecule has 6 heteroatoms. The lowest BCUT2D eigenvalue weighted by atomic mass is 9.73. The van der Waals surface area contributed by atoms with Crippen molar-refractivity contribution in [2.45, 2.75) is 32.1 Å². The molecule has 142 valence electrons. The molecule has 1 aromatic carbocycles. The molecule has 1 aromatic heterocycles. The van der Waals surface area contributed by atoms with E-state index in [9.17, 15) is 9.59 Å². The lowest BCUT2D eigenvalue weighted by Gasteiger charge is -2.48. The Labute approximate surface area is 159 Å². The lowest BCUT2D eigenvalue weighted by Crippen LogP contribution is -2.55. The van der Waals surface area contributed by atoms with E-state index < -0.39 is 0 Å². The second-order valence-electron chi connectivity index (χ2n) is 7.85. The van der Waals surface area contributed by atoms with Gasteiger partial charge in [0.2, 0.25) is 5.91 Å². The molecule has 2 aliphatic rings. The van der Waals surface area contributed by atoms with E-state index in [0.29, 0.717) is 12.1 Å². The Morgan fingerprint density at radius 1 is 1.15 bits per heavy atom. The Morgan fingerprint density at radius 3 is 2.78 bits per heavy atom. The normalized spacial score (nSPS) is 23.0. The molecule has 4 rings (SSSR count). The van der Waals surface area contributed by atoms with Crippen molar-refractivity contribution in [1.29, 1.82) is 0 Å². The maximum Gasteiger partial charge on any atom is 0.271 e. The van der Waals surface area contributed by atoms with Crippen molar-refractivity contribution in [3.63, 3.8) is 0 Å². The van der Waals surface area contributed by atoms with Crippen LogP contribution in [0.5, 0.6) is 0 Å². The largest absolute Gasteiger partial charge is 0.342 e. The van der Waals surface area contributed by atoms with Crippen LogP contribution in [0.3, 0.4) is 0 Å². The summed E-state index contributed by atoms with van der Waals surface area (Å²) in [5.74, 6) is 0.257. The maximum absolute atomic E-state index is 12.7. The highest BCUT2D eigenvalue weighted by Gasteiger charge is 2.42. The highest BCUT2D eigenvalue weighted by Crippen LogP contribution is 2.39. The highest BCUT2D eigenvalue weighted by atomic mass is 16.2. The first kappa shape index (κ1) is 17.8. The summed E-state index contributed by atoms with van der Waals surface area (Å²) >= 11 is 0. The van der Waals surface area contributed by atoms with E-state index in [1.54, 1.807) is 12.3 Å². The van der Waals surface area contributed by atoms with Gasteiger partial charge in [-0.2, -0.15) is 5.10 Å². The quantitative estimate of drug-likeness (QED) is 0.904. The fourth-order valence-corrected chi connectivity index (χ4v) is 4.47. The molecule has 1 N–H and O–H groups in total. The molecule has 0 radical (unpaired) electrons. The fourth-order valence-electron chi connectivity index (χ4n) is 4.47. The minimum absolute atomic E-state index is 0.0133. The van der Waals surface area contributed by atoms with Crippen molar-refractivity contribution in [3.8, 4) is 0 Å². The average molecular weight is 366 g/mol. The number of hydrogen-bond acceptors (Lipinski definition) is 3. The monoisotopic (exact) mass is 366 g/mol. The van der Waals surface area contributed by atoms with Crippen LogP contribution in [0.15, 0.2) is 42.6 Å². The molecule has 2 fully saturated rings. The number of aromatic nitrogens is 2. The van der Waals surface area contributed by atoms with Gasteiger partial charge in [0.1, 0.15) is 5.69 Å². The fraction of sp³-hybridized carbons (Fsp3) is 0.476. The van der Waals surface area contributed by atoms with Crippen LogP contribution in [0.2, 0.25) is 0 Å². The van der Waals surface area contributed by atoms with Gasteiger partial charge in [0.15, 0.2) is 0 Å². The van der Waals surface area contributed by atoms with Crippen LogP contribution < -0.4 is 0 Å². The van der Waals surface area contributed by atoms with Crippen molar-refractivity contribution < 1.29 is 9.59 Å². The highest BCUT2D eigenvalue weighted by molar-refractivity contribution is 5.92. The van der Waals surface area contributed by atoms with Crippen molar-refractivity contribution in [3.05, 3.63) is 53.9 Å². The van der Waals surface area contributed by atoms with Crippen LogP contribution in [0, 0.1) is 5.41 Å². The summed E-state index contributed by atoms with van der Waals surface area (Å²) in [4.78, 5) is 29.1. The van der Waals surface area contributed by atoms with Gasteiger partial charge in [0.05, 0.1) is 0 Å². The van der Waals surface area contributed by atoms with E-state index in [1.165, 1.54) is 5.56 Å². The Balaban J connectivity index is 1.42. The van der Waals surface area contributed by atoms with Gasteiger partial charge in [-0.3, -0.25) is 14.7 Å². The number of amides is 2. The second kappa shape index (κ2) is 7.55. The molecular weight excluding hydrogens is 340 g/mol. The van der Waals surface area contributed by atoms with Gasteiger partial charge >= 0.3 is 0 Å². The number of carbonyl (C=O) groups excluding carboxylic acids is 2. The van der Waals surface area contributed by atoms with Crippen molar-refractivity contribution in [1.82, 2.24) is 20.0 Å². The van der Waals surface area contributed by atoms with Crippen molar-refractivity contribution in [2.24, 2.45) is 5.41 Å². The number of aromatic amines is 1. The predicted octanol–water partition coefficient (Wildman–Crippen LogP) is 2.50. The minimum Gasteiger partial charge on any atom is -0.342 e. The Kier molecular flexibility index (Phi) is 4.97. The van der Waals surface area contributed by atoms with E-state index in [2.05, 4.69) is 22.3 Å². The first-order valence-electron chi connectivity index (χ1n) is 9.76. The van der Waals surface area contributed by atoms with Gasteiger partial charge < -0.3 is 9.80 Å². The molecule has 0 saturated carbocycles. The average Bonchev–Trinajstić information content (AvgIpc) is 3.24. The lowest BCUT2D eigenvalue weighted by molar-refractivity contribution is -0.138. The minimum atomic E-state index is 0.0133. The summed E-state index contributed by atoms with van der Waals surface area (Å²) in [5.41, 5.74) is 1.82. The number of rotatable bonds is 4. The summed E-state index contributed by atoms with van der Waals surface area (Å²) in [6.45, 7) is 3.00. The topological polar surface area (TPSA) is 69.3 Å². The van der Waals surface area contributed by atoms with Crippen molar-refractivity contribution >= 4 is 11.8 Å².